The van der Waals surface area contributed by atoms with E-state index < -0.39 is 5.82 Å². The fraction of sp³-hybridized carbons (Fsp3) is 0.364. The Bertz CT molecular complexity index is 386. The lowest BCUT2D eigenvalue weighted by atomic mass is 9.97. The van der Waals surface area contributed by atoms with Gasteiger partial charge in [0.1, 0.15) is 5.82 Å². The maximum absolute atomic E-state index is 13.0. The first kappa shape index (κ1) is 10.6. The Hall–Kier alpha value is -0.930. The topological polar surface area (TPSA) is 26.3 Å². The lowest BCUT2D eigenvalue weighted by molar-refractivity contribution is 0.0900. The van der Waals surface area contributed by atoms with Crippen LogP contribution >= 0.6 is 11.6 Å². The third kappa shape index (κ3) is 2.19. The van der Waals surface area contributed by atoms with Crippen molar-refractivity contribution in [2.75, 3.05) is 13.2 Å². The van der Waals surface area contributed by atoms with Crippen LogP contribution in [-0.4, -0.2) is 19.0 Å². The number of rotatable bonds is 2. The van der Waals surface area contributed by atoms with E-state index in [-0.39, 0.29) is 17.3 Å². The average molecular weight is 229 g/mol. The van der Waals surface area contributed by atoms with Gasteiger partial charge in [-0.3, -0.25) is 4.79 Å². The number of carbonyl (C=O) groups excluding carboxylic acids is 1. The van der Waals surface area contributed by atoms with Crippen LogP contribution in [0.2, 0.25) is 5.02 Å². The summed E-state index contributed by atoms with van der Waals surface area (Å²) in [6, 6.07) is 3.83. The number of benzene rings is 1. The first-order valence-corrected chi connectivity index (χ1v) is 5.13. The lowest BCUT2D eigenvalue weighted by Gasteiger charge is -2.08. The zero-order valence-corrected chi connectivity index (χ0v) is 8.76. The van der Waals surface area contributed by atoms with E-state index in [1.54, 1.807) is 0 Å². The normalized spacial score (nSPS) is 20.5. The van der Waals surface area contributed by atoms with Gasteiger partial charge in [0.15, 0.2) is 5.78 Å². The quantitative estimate of drug-likeness (QED) is 0.728. The molecule has 15 heavy (non-hydrogen) atoms. The Morgan fingerprint density at radius 1 is 1.53 bits per heavy atom. The Labute approximate surface area is 92.0 Å². The summed E-state index contributed by atoms with van der Waals surface area (Å²) in [5.74, 6) is -0.747. The molecule has 0 saturated carbocycles. The van der Waals surface area contributed by atoms with Gasteiger partial charge >= 0.3 is 0 Å². The molecule has 1 aromatic carbocycles. The number of hydrogen-bond donors (Lipinski definition) is 0. The molecule has 1 fully saturated rings. The Morgan fingerprint density at radius 3 is 3.00 bits per heavy atom. The molecule has 2 nitrogen and oxygen atoms in total. The van der Waals surface area contributed by atoms with Crippen molar-refractivity contribution in [2.24, 2.45) is 5.92 Å². The van der Waals surface area contributed by atoms with E-state index in [0.29, 0.717) is 24.7 Å². The van der Waals surface area contributed by atoms with Crippen molar-refractivity contribution in [3.8, 4) is 0 Å². The highest BCUT2D eigenvalue weighted by molar-refractivity contribution is 6.34. The summed E-state index contributed by atoms with van der Waals surface area (Å²) < 4.78 is 18.1. The minimum atomic E-state index is -0.443. The first-order valence-electron chi connectivity index (χ1n) is 4.75. The van der Waals surface area contributed by atoms with Gasteiger partial charge in [-0.1, -0.05) is 11.6 Å². The molecule has 1 aliphatic heterocycles. The maximum Gasteiger partial charge on any atom is 0.169 e. The van der Waals surface area contributed by atoms with Gasteiger partial charge in [-0.2, -0.15) is 0 Å². The second-order valence-electron chi connectivity index (χ2n) is 3.55. The highest BCUT2D eigenvalue weighted by Gasteiger charge is 2.26. The molecule has 1 heterocycles. The van der Waals surface area contributed by atoms with E-state index >= 15 is 0 Å². The van der Waals surface area contributed by atoms with Crippen molar-refractivity contribution in [3.05, 3.63) is 34.6 Å². The summed E-state index contributed by atoms with van der Waals surface area (Å²) in [7, 11) is 0. The predicted molar refractivity (Wildman–Crippen MR) is 54.7 cm³/mol. The molecule has 1 unspecified atom stereocenters. The van der Waals surface area contributed by atoms with E-state index in [0.717, 1.165) is 0 Å². The fourth-order valence-electron chi connectivity index (χ4n) is 1.65. The number of carbonyl (C=O) groups is 1. The summed E-state index contributed by atoms with van der Waals surface area (Å²) in [4.78, 5) is 11.9. The van der Waals surface area contributed by atoms with Crippen molar-refractivity contribution in [2.45, 2.75) is 6.42 Å². The second-order valence-corrected chi connectivity index (χ2v) is 3.96. The number of Topliss-reactive ketones (excluding diaryl/α,β-unsaturated/α-hetero) is 1. The van der Waals surface area contributed by atoms with Crippen LogP contribution in [0, 0.1) is 11.7 Å². The molecule has 0 spiro atoms. The molecule has 1 aromatic rings. The van der Waals surface area contributed by atoms with E-state index in [1.807, 2.05) is 0 Å². The highest BCUT2D eigenvalue weighted by atomic mass is 35.5. The lowest BCUT2D eigenvalue weighted by Crippen LogP contribution is -2.15. The van der Waals surface area contributed by atoms with Crippen molar-refractivity contribution in [1.29, 1.82) is 0 Å². The number of halogens is 2. The molecule has 1 aliphatic rings. The SMILES string of the molecule is O=C(c1cc(F)ccc1Cl)C1CCOC1. The zero-order chi connectivity index (χ0) is 10.8. The molecule has 0 aliphatic carbocycles. The minimum absolute atomic E-state index is 0.128. The summed E-state index contributed by atoms with van der Waals surface area (Å²) >= 11 is 5.84. The van der Waals surface area contributed by atoms with Gasteiger partial charge in [0, 0.05) is 18.1 Å². The smallest absolute Gasteiger partial charge is 0.169 e. The number of ether oxygens (including phenoxy) is 1. The van der Waals surface area contributed by atoms with Crippen LogP contribution in [-0.2, 0) is 4.74 Å². The number of hydrogen-bond acceptors (Lipinski definition) is 2. The molecule has 1 saturated heterocycles. The van der Waals surface area contributed by atoms with E-state index in [2.05, 4.69) is 0 Å². The Balaban J connectivity index is 2.27. The number of ketones is 1. The molecule has 1 atom stereocenters. The second kappa shape index (κ2) is 4.29. The Kier molecular flexibility index (Phi) is 3.03. The van der Waals surface area contributed by atoms with Crippen molar-refractivity contribution >= 4 is 17.4 Å². The fourth-order valence-corrected chi connectivity index (χ4v) is 1.86. The molecule has 2 rings (SSSR count). The van der Waals surface area contributed by atoms with Crippen LogP contribution in [0.25, 0.3) is 0 Å². The van der Waals surface area contributed by atoms with Crippen LogP contribution in [0.5, 0.6) is 0 Å². The standard InChI is InChI=1S/C11H10ClFO2/c12-10-2-1-8(13)5-9(10)11(14)7-3-4-15-6-7/h1-2,5,7H,3-4,6H2. The molecular weight excluding hydrogens is 219 g/mol. The summed E-state index contributed by atoms with van der Waals surface area (Å²) in [5.41, 5.74) is 0.257. The van der Waals surface area contributed by atoms with Gasteiger partial charge in [-0.15, -0.1) is 0 Å². The van der Waals surface area contributed by atoms with Gasteiger partial charge in [0.25, 0.3) is 0 Å². The van der Waals surface area contributed by atoms with Crippen molar-refractivity contribution in [3.63, 3.8) is 0 Å². The highest BCUT2D eigenvalue weighted by Crippen LogP contribution is 2.24. The van der Waals surface area contributed by atoms with E-state index in [9.17, 15) is 9.18 Å². The molecule has 4 heteroatoms. The van der Waals surface area contributed by atoms with Gasteiger partial charge in [-0.25, -0.2) is 4.39 Å². The molecule has 0 aromatic heterocycles. The van der Waals surface area contributed by atoms with Crippen molar-refractivity contribution < 1.29 is 13.9 Å². The van der Waals surface area contributed by atoms with Gasteiger partial charge < -0.3 is 4.74 Å². The molecular formula is C11H10ClFO2. The Morgan fingerprint density at radius 2 is 2.33 bits per heavy atom. The van der Waals surface area contributed by atoms with Gasteiger partial charge in [0.05, 0.1) is 11.6 Å². The molecule has 0 amide bonds. The summed E-state index contributed by atoms with van der Waals surface area (Å²) in [5, 5.41) is 0.299. The molecule has 0 radical (unpaired) electrons. The largest absolute Gasteiger partial charge is 0.381 e. The predicted octanol–water partition coefficient (Wildman–Crippen LogP) is 2.70. The zero-order valence-electron chi connectivity index (χ0n) is 8.00. The third-order valence-corrected chi connectivity index (χ3v) is 2.82. The summed E-state index contributed by atoms with van der Waals surface area (Å²) in [6.07, 6.45) is 0.686. The first-order chi connectivity index (χ1) is 7.18. The third-order valence-electron chi connectivity index (χ3n) is 2.49. The van der Waals surface area contributed by atoms with Crippen LogP contribution in [0.15, 0.2) is 18.2 Å². The monoisotopic (exact) mass is 228 g/mol. The summed E-state index contributed by atoms with van der Waals surface area (Å²) in [6.45, 7) is 0.995. The maximum atomic E-state index is 13.0. The molecule has 0 bridgehead atoms. The van der Waals surface area contributed by atoms with Crippen LogP contribution in [0.1, 0.15) is 16.8 Å². The van der Waals surface area contributed by atoms with Crippen LogP contribution < -0.4 is 0 Å². The van der Waals surface area contributed by atoms with Gasteiger partial charge in [0.2, 0.25) is 0 Å². The molecule has 80 valence electrons. The van der Waals surface area contributed by atoms with E-state index in [1.165, 1.54) is 18.2 Å². The van der Waals surface area contributed by atoms with Crippen molar-refractivity contribution in [1.82, 2.24) is 0 Å². The van der Waals surface area contributed by atoms with Gasteiger partial charge in [-0.05, 0) is 24.6 Å². The molecule has 0 N–H and O–H groups in total. The average Bonchev–Trinajstić information content (AvgIpc) is 2.74. The minimum Gasteiger partial charge on any atom is -0.381 e. The van der Waals surface area contributed by atoms with E-state index in [4.69, 9.17) is 16.3 Å². The van der Waals surface area contributed by atoms with Crippen LogP contribution in [0.3, 0.4) is 0 Å². The van der Waals surface area contributed by atoms with Crippen LogP contribution in [0.4, 0.5) is 4.39 Å².